The molecule has 0 amide bonds. The molecule has 1 aromatic carbocycles. The molecular formula is C12H20I2N2. The zero-order chi connectivity index (χ0) is 12.8. The van der Waals surface area contributed by atoms with Crippen LogP contribution >= 0.6 is 37.2 Å². The number of hydrazone groups is 1. The first-order valence-corrected chi connectivity index (χ1v) is 11.6. The van der Waals surface area contributed by atoms with Crippen LogP contribution in [0.3, 0.4) is 0 Å². The van der Waals surface area contributed by atoms with Gasteiger partial charge in [0.05, 0.1) is 5.69 Å². The van der Waals surface area contributed by atoms with E-state index in [1.54, 1.807) is 0 Å². The summed E-state index contributed by atoms with van der Waals surface area (Å²) in [5.74, 6) is 0. The lowest BCUT2D eigenvalue weighted by molar-refractivity contribution is 1.21. The molecule has 0 aliphatic rings. The number of anilines is 1. The Labute approximate surface area is 123 Å². The zero-order valence-corrected chi connectivity index (χ0v) is 14.6. The largest absolute Gasteiger partial charge is 0.279 e. The Morgan fingerprint density at radius 1 is 1.19 bits per heavy atom. The molecule has 0 radical (unpaired) electrons. The van der Waals surface area contributed by atoms with E-state index < -0.39 is 0 Å². The number of nitrogens with zero attached hydrogens (tertiary/aromatic N) is 1. The third-order valence-electron chi connectivity index (χ3n) is 1.66. The van der Waals surface area contributed by atoms with Crippen molar-refractivity contribution in [3.63, 3.8) is 0 Å². The number of hydrogen-bond donors (Lipinski definition) is 1. The summed E-state index contributed by atoms with van der Waals surface area (Å²) in [6, 6.07) is 9.94. The van der Waals surface area contributed by atoms with Gasteiger partial charge in [-0.2, -0.15) is 5.10 Å². The molecule has 0 aromatic heterocycles. The highest BCUT2D eigenvalue weighted by molar-refractivity contribution is 15.0. The van der Waals surface area contributed by atoms with E-state index in [2.05, 4.69) is 54.7 Å². The highest BCUT2D eigenvalue weighted by atomic mass is 128. The van der Waals surface area contributed by atoms with Crippen molar-refractivity contribution in [2.24, 2.45) is 5.10 Å². The number of halogens is 2. The molecule has 0 unspecified atom stereocenters. The first-order chi connectivity index (χ1) is 7.83. The van der Waals surface area contributed by atoms with Crippen molar-refractivity contribution in [2.75, 3.05) is 5.43 Å². The Balaban J connectivity index is 0. The Hall–Kier alpha value is 0.150. The predicted molar refractivity (Wildman–Crippen MR) is 92.9 cm³/mol. The molecule has 2 nitrogen and oxygen atoms in total. The molecule has 0 atom stereocenters. The topological polar surface area (TPSA) is 24.4 Å². The van der Waals surface area contributed by atoms with Crippen molar-refractivity contribution in [3.05, 3.63) is 30.3 Å². The molecule has 0 aliphatic heterocycles. The molecule has 0 heterocycles. The smallest absolute Gasteiger partial charge is 0.0561 e. The van der Waals surface area contributed by atoms with E-state index in [4.69, 9.17) is 0 Å². The van der Waals surface area contributed by atoms with E-state index in [0.717, 1.165) is 17.8 Å². The normalized spacial score (nSPS) is 9.25. The molecular weight excluding hydrogens is 426 g/mol. The van der Waals surface area contributed by atoms with E-state index in [1.165, 1.54) is 0 Å². The summed E-state index contributed by atoms with van der Waals surface area (Å²) in [7, 11) is 0. The maximum atomic E-state index is 4.18. The third kappa shape index (κ3) is 10.7. The number of hydrogen-bond acceptors (Lipinski definition) is 2. The van der Waals surface area contributed by atoms with Gasteiger partial charge in [-0.3, -0.25) is 5.43 Å². The van der Waals surface area contributed by atoms with Crippen molar-refractivity contribution < 1.29 is 0 Å². The van der Waals surface area contributed by atoms with Crippen LogP contribution in [0.2, 0.25) is 0 Å². The highest BCUT2D eigenvalue weighted by Crippen LogP contribution is 2.04. The van der Waals surface area contributed by atoms with Crippen LogP contribution in [-0.4, -0.2) is 5.71 Å². The second-order valence-corrected chi connectivity index (χ2v) is 2.68. The van der Waals surface area contributed by atoms with E-state index in [9.17, 15) is 0 Å². The first-order valence-electron chi connectivity index (χ1n) is 5.31. The minimum absolute atomic E-state index is 0.986. The first kappa shape index (κ1) is 18.5. The van der Waals surface area contributed by atoms with Crippen LogP contribution < -0.4 is 5.43 Å². The molecule has 0 bridgehead atoms. The van der Waals surface area contributed by atoms with Crippen LogP contribution in [0, 0.1) is 0 Å². The number of benzene rings is 1. The molecule has 1 rings (SSSR count). The van der Waals surface area contributed by atoms with Crippen LogP contribution in [0.1, 0.15) is 34.1 Å². The van der Waals surface area contributed by atoms with E-state index >= 15 is 0 Å². The van der Waals surface area contributed by atoms with Gasteiger partial charge < -0.3 is 0 Å². The lowest BCUT2D eigenvalue weighted by Gasteiger charge is -2.00. The molecule has 0 spiro atoms. The van der Waals surface area contributed by atoms with E-state index in [0.29, 0.717) is 0 Å². The quantitative estimate of drug-likeness (QED) is 0.361. The summed E-state index contributed by atoms with van der Waals surface area (Å²) in [6.07, 6.45) is 0.986. The van der Waals surface area contributed by atoms with Crippen molar-refractivity contribution in [2.45, 2.75) is 34.1 Å². The minimum atomic E-state index is 0.986. The molecule has 0 fully saturated rings. The van der Waals surface area contributed by atoms with Gasteiger partial charge in [0.2, 0.25) is 0 Å². The molecule has 1 N–H and O–H groups in total. The SMILES string of the molecule is CC.CCC(C)=NNc1ccccc1.II. The summed E-state index contributed by atoms with van der Waals surface area (Å²) in [5, 5.41) is 4.18. The van der Waals surface area contributed by atoms with Crippen molar-refractivity contribution in [3.8, 4) is 0 Å². The van der Waals surface area contributed by atoms with Gasteiger partial charge >= 0.3 is 0 Å². The van der Waals surface area contributed by atoms with Crippen LogP contribution in [-0.2, 0) is 0 Å². The van der Waals surface area contributed by atoms with Gasteiger partial charge in [0.25, 0.3) is 0 Å². The van der Waals surface area contributed by atoms with Gasteiger partial charge in [0, 0.05) is 42.9 Å². The fourth-order valence-electron chi connectivity index (χ4n) is 0.752. The molecule has 0 saturated carbocycles. The molecule has 92 valence electrons. The number of nitrogens with one attached hydrogen (secondary N) is 1. The Bertz CT molecular complexity index is 261. The molecule has 0 saturated heterocycles. The lowest BCUT2D eigenvalue weighted by atomic mass is 10.3. The fraction of sp³-hybridized carbons (Fsp3) is 0.417. The Kier molecular flexibility index (Phi) is 17.5. The Morgan fingerprint density at radius 3 is 2.12 bits per heavy atom. The number of para-hydroxylation sites is 1. The van der Waals surface area contributed by atoms with Gasteiger partial charge in [-0.05, 0) is 25.5 Å². The Morgan fingerprint density at radius 2 is 1.69 bits per heavy atom. The van der Waals surface area contributed by atoms with Gasteiger partial charge in [0.1, 0.15) is 0 Å². The van der Waals surface area contributed by atoms with Crippen molar-refractivity contribution in [1.82, 2.24) is 0 Å². The zero-order valence-electron chi connectivity index (χ0n) is 10.3. The monoisotopic (exact) mass is 446 g/mol. The second-order valence-electron chi connectivity index (χ2n) is 2.68. The molecule has 1 aromatic rings. The average Bonchev–Trinajstić information content (AvgIpc) is 2.41. The molecule has 4 heteroatoms. The summed E-state index contributed by atoms with van der Waals surface area (Å²) in [6.45, 7) is 8.10. The minimum Gasteiger partial charge on any atom is -0.279 e. The number of rotatable bonds is 3. The van der Waals surface area contributed by atoms with Gasteiger partial charge in [-0.1, -0.05) is 39.0 Å². The van der Waals surface area contributed by atoms with Crippen LogP contribution in [0.25, 0.3) is 0 Å². The maximum absolute atomic E-state index is 4.18. The van der Waals surface area contributed by atoms with Gasteiger partial charge in [-0.15, -0.1) is 0 Å². The summed E-state index contributed by atoms with van der Waals surface area (Å²) >= 11 is 4.24. The fourth-order valence-corrected chi connectivity index (χ4v) is 0.752. The van der Waals surface area contributed by atoms with Crippen molar-refractivity contribution >= 4 is 48.6 Å². The maximum Gasteiger partial charge on any atom is 0.0561 e. The molecule has 16 heavy (non-hydrogen) atoms. The summed E-state index contributed by atoms with van der Waals surface area (Å²) in [5.41, 5.74) is 5.13. The van der Waals surface area contributed by atoms with Crippen LogP contribution in [0.15, 0.2) is 35.4 Å². The van der Waals surface area contributed by atoms with E-state index in [1.807, 2.05) is 51.1 Å². The van der Waals surface area contributed by atoms with Gasteiger partial charge in [-0.25, -0.2) is 0 Å². The van der Waals surface area contributed by atoms with Crippen LogP contribution in [0.4, 0.5) is 5.69 Å². The third-order valence-corrected chi connectivity index (χ3v) is 1.66. The van der Waals surface area contributed by atoms with Gasteiger partial charge in [0.15, 0.2) is 0 Å². The average molecular weight is 446 g/mol. The molecule has 0 aliphatic carbocycles. The van der Waals surface area contributed by atoms with Crippen molar-refractivity contribution in [1.29, 1.82) is 0 Å². The van der Waals surface area contributed by atoms with Crippen LogP contribution in [0.5, 0.6) is 0 Å². The standard InChI is InChI=1S/C10H14N2.C2H6.I2/c1-3-9(2)11-12-10-7-5-4-6-8-10;2*1-2/h4-8,12H,3H2,1-2H3;1-2H3;. The summed E-state index contributed by atoms with van der Waals surface area (Å²) < 4.78 is 0. The predicted octanol–water partition coefficient (Wildman–Crippen LogP) is 5.68. The summed E-state index contributed by atoms with van der Waals surface area (Å²) in [4.78, 5) is 0. The highest BCUT2D eigenvalue weighted by Gasteiger charge is 1.86. The van der Waals surface area contributed by atoms with E-state index in [-0.39, 0.29) is 0 Å². The second kappa shape index (κ2) is 15.1. The lowest BCUT2D eigenvalue weighted by Crippen LogP contribution is -1.94.